The maximum atomic E-state index is 12.2. The molecule has 2 rings (SSSR count). The van der Waals surface area contributed by atoms with Crippen LogP contribution in [0.1, 0.15) is 56.7 Å². The van der Waals surface area contributed by atoms with Crippen molar-refractivity contribution < 1.29 is 4.79 Å². The zero-order valence-corrected chi connectivity index (χ0v) is 12.9. The number of hydrogen-bond donors (Lipinski definition) is 2. The predicted octanol–water partition coefficient (Wildman–Crippen LogP) is 1.82. The summed E-state index contributed by atoms with van der Waals surface area (Å²) < 4.78 is 0. The first-order chi connectivity index (χ1) is 9.17. The van der Waals surface area contributed by atoms with Gasteiger partial charge in [0.25, 0.3) is 5.91 Å². The Balaban J connectivity index is 2.05. The fourth-order valence-electron chi connectivity index (χ4n) is 3.19. The van der Waals surface area contributed by atoms with E-state index in [-0.39, 0.29) is 23.0 Å². The van der Waals surface area contributed by atoms with E-state index in [2.05, 4.69) is 48.3 Å². The number of nitrogens with one attached hydrogen (secondary N) is 2. The third kappa shape index (κ3) is 3.76. The lowest BCUT2D eigenvalue weighted by atomic mass is 9.79. The summed E-state index contributed by atoms with van der Waals surface area (Å²) in [6.07, 6.45) is 4.95. The second-order valence-corrected chi connectivity index (χ2v) is 7.01. The van der Waals surface area contributed by atoms with Gasteiger partial charge in [0.05, 0.1) is 11.9 Å². The number of aryl methyl sites for hydroxylation is 1. The molecule has 1 aliphatic rings. The Kier molecular flexibility index (Phi) is 3.82. The van der Waals surface area contributed by atoms with Gasteiger partial charge in [-0.2, -0.15) is 0 Å². The second kappa shape index (κ2) is 5.13. The van der Waals surface area contributed by atoms with E-state index < -0.39 is 0 Å². The lowest BCUT2D eigenvalue weighted by molar-refractivity contribution is 0.0868. The van der Waals surface area contributed by atoms with Crippen molar-refractivity contribution in [3.05, 3.63) is 23.8 Å². The highest BCUT2D eigenvalue weighted by Crippen LogP contribution is 2.28. The van der Waals surface area contributed by atoms with Gasteiger partial charge >= 0.3 is 0 Å². The number of hydrogen-bond acceptors (Lipinski definition) is 4. The zero-order chi connectivity index (χ0) is 15.0. The van der Waals surface area contributed by atoms with Crippen LogP contribution < -0.4 is 10.6 Å². The summed E-state index contributed by atoms with van der Waals surface area (Å²) in [4.78, 5) is 20.5. The Morgan fingerprint density at radius 2 is 1.80 bits per heavy atom. The molecule has 0 spiro atoms. The Morgan fingerprint density at radius 3 is 2.30 bits per heavy atom. The van der Waals surface area contributed by atoms with Crippen molar-refractivity contribution >= 4 is 5.91 Å². The smallest absolute Gasteiger partial charge is 0.271 e. The number of rotatable bonds is 2. The first-order valence-corrected chi connectivity index (χ1v) is 7.06. The summed E-state index contributed by atoms with van der Waals surface area (Å²) >= 11 is 0. The molecule has 1 saturated heterocycles. The molecule has 0 aliphatic carbocycles. The summed E-state index contributed by atoms with van der Waals surface area (Å²) in [7, 11) is 0. The normalized spacial score (nSPS) is 21.4. The standard InChI is InChI=1S/C15H24N4O/c1-10-8-17-12(9-16-10)13(20)18-11-6-14(2,3)19-15(4,5)7-11/h8-9,11,19H,6-7H2,1-5H3,(H,18,20). The van der Waals surface area contributed by atoms with Crippen LogP contribution in [0.2, 0.25) is 0 Å². The molecule has 1 fully saturated rings. The van der Waals surface area contributed by atoms with Crippen molar-refractivity contribution in [2.24, 2.45) is 0 Å². The molecule has 1 aromatic rings. The summed E-state index contributed by atoms with van der Waals surface area (Å²) in [6, 6.07) is 0.150. The lowest BCUT2D eigenvalue weighted by Crippen LogP contribution is -2.62. The minimum absolute atomic E-state index is 0.0126. The number of piperidine rings is 1. The van der Waals surface area contributed by atoms with Crippen molar-refractivity contribution in [1.29, 1.82) is 0 Å². The van der Waals surface area contributed by atoms with Gasteiger partial charge in [-0.3, -0.25) is 9.78 Å². The number of carbonyl (C=O) groups excluding carboxylic acids is 1. The molecule has 20 heavy (non-hydrogen) atoms. The van der Waals surface area contributed by atoms with Crippen LogP contribution in [0.25, 0.3) is 0 Å². The molecule has 2 N–H and O–H groups in total. The van der Waals surface area contributed by atoms with Crippen LogP contribution in [0.15, 0.2) is 12.4 Å². The monoisotopic (exact) mass is 276 g/mol. The van der Waals surface area contributed by atoms with E-state index in [0.717, 1.165) is 18.5 Å². The highest BCUT2D eigenvalue weighted by atomic mass is 16.1. The number of aromatic nitrogens is 2. The molecule has 110 valence electrons. The lowest BCUT2D eigenvalue weighted by Gasteiger charge is -2.46. The molecule has 0 aromatic carbocycles. The third-order valence-corrected chi connectivity index (χ3v) is 3.54. The van der Waals surface area contributed by atoms with Crippen LogP contribution in [-0.4, -0.2) is 33.0 Å². The predicted molar refractivity (Wildman–Crippen MR) is 78.6 cm³/mol. The summed E-state index contributed by atoms with van der Waals surface area (Å²) in [5.74, 6) is -0.143. The minimum atomic E-state index is -0.143. The van der Waals surface area contributed by atoms with E-state index in [1.54, 1.807) is 6.20 Å². The van der Waals surface area contributed by atoms with Gasteiger partial charge in [0.15, 0.2) is 0 Å². The second-order valence-electron chi connectivity index (χ2n) is 7.01. The fourth-order valence-corrected chi connectivity index (χ4v) is 3.19. The number of nitrogens with zero attached hydrogens (tertiary/aromatic N) is 2. The average molecular weight is 276 g/mol. The molecule has 5 nitrogen and oxygen atoms in total. The van der Waals surface area contributed by atoms with Crippen LogP contribution in [0.5, 0.6) is 0 Å². The van der Waals surface area contributed by atoms with Crippen LogP contribution in [0.4, 0.5) is 0 Å². The molecule has 1 aliphatic heterocycles. The van der Waals surface area contributed by atoms with E-state index in [0.29, 0.717) is 5.69 Å². The fraction of sp³-hybridized carbons (Fsp3) is 0.667. The summed E-state index contributed by atoms with van der Waals surface area (Å²) in [6.45, 7) is 10.5. The molecule has 0 saturated carbocycles. The highest BCUT2D eigenvalue weighted by molar-refractivity contribution is 5.92. The van der Waals surface area contributed by atoms with Crippen molar-refractivity contribution in [2.75, 3.05) is 0 Å². The third-order valence-electron chi connectivity index (χ3n) is 3.54. The molecule has 5 heteroatoms. The molecule has 2 heterocycles. The number of amides is 1. The van der Waals surface area contributed by atoms with Crippen LogP contribution in [-0.2, 0) is 0 Å². The van der Waals surface area contributed by atoms with Crippen molar-refractivity contribution in [3.8, 4) is 0 Å². The summed E-state index contributed by atoms with van der Waals surface area (Å²) in [5.41, 5.74) is 1.22. The van der Waals surface area contributed by atoms with E-state index in [9.17, 15) is 4.79 Å². The molecule has 1 amide bonds. The van der Waals surface area contributed by atoms with E-state index in [1.807, 2.05) is 6.92 Å². The number of carbonyl (C=O) groups is 1. The van der Waals surface area contributed by atoms with Gasteiger partial charge < -0.3 is 10.6 Å². The quantitative estimate of drug-likeness (QED) is 0.864. The Bertz CT molecular complexity index is 477. The Morgan fingerprint density at radius 1 is 1.20 bits per heavy atom. The van der Waals surface area contributed by atoms with Crippen molar-refractivity contribution in [1.82, 2.24) is 20.6 Å². The molecular formula is C15H24N4O. The maximum Gasteiger partial charge on any atom is 0.271 e. The molecule has 0 radical (unpaired) electrons. The first-order valence-electron chi connectivity index (χ1n) is 7.06. The van der Waals surface area contributed by atoms with Crippen LogP contribution in [0.3, 0.4) is 0 Å². The largest absolute Gasteiger partial charge is 0.348 e. The SMILES string of the molecule is Cc1cnc(C(=O)NC2CC(C)(C)NC(C)(C)C2)cn1. The molecule has 0 atom stereocenters. The van der Waals surface area contributed by atoms with Gasteiger partial charge in [-0.05, 0) is 47.5 Å². The maximum absolute atomic E-state index is 12.2. The van der Waals surface area contributed by atoms with E-state index >= 15 is 0 Å². The molecular weight excluding hydrogens is 252 g/mol. The summed E-state index contributed by atoms with van der Waals surface area (Å²) in [5, 5.41) is 6.69. The zero-order valence-electron chi connectivity index (χ0n) is 12.9. The van der Waals surface area contributed by atoms with E-state index in [1.165, 1.54) is 6.20 Å². The molecule has 0 bridgehead atoms. The van der Waals surface area contributed by atoms with Crippen molar-refractivity contribution in [2.45, 2.75) is 64.6 Å². The van der Waals surface area contributed by atoms with Gasteiger partial charge in [-0.1, -0.05) is 0 Å². The van der Waals surface area contributed by atoms with Gasteiger partial charge in [-0.25, -0.2) is 4.98 Å². The van der Waals surface area contributed by atoms with Crippen molar-refractivity contribution in [3.63, 3.8) is 0 Å². The Labute approximate surface area is 120 Å². The van der Waals surface area contributed by atoms with Crippen LogP contribution in [0, 0.1) is 6.92 Å². The van der Waals surface area contributed by atoms with E-state index in [4.69, 9.17) is 0 Å². The van der Waals surface area contributed by atoms with Gasteiger partial charge in [-0.15, -0.1) is 0 Å². The topological polar surface area (TPSA) is 66.9 Å². The molecule has 0 unspecified atom stereocenters. The van der Waals surface area contributed by atoms with Crippen LogP contribution >= 0.6 is 0 Å². The van der Waals surface area contributed by atoms with Gasteiger partial charge in [0.1, 0.15) is 5.69 Å². The van der Waals surface area contributed by atoms with Gasteiger partial charge in [0.2, 0.25) is 0 Å². The first kappa shape index (κ1) is 14.9. The highest BCUT2D eigenvalue weighted by Gasteiger charge is 2.38. The molecule has 1 aromatic heterocycles. The average Bonchev–Trinajstić information content (AvgIpc) is 2.25. The Hall–Kier alpha value is -1.49. The minimum Gasteiger partial charge on any atom is -0.348 e. The van der Waals surface area contributed by atoms with Gasteiger partial charge in [0, 0.05) is 23.3 Å².